The lowest BCUT2D eigenvalue weighted by Crippen LogP contribution is -2.08. The summed E-state index contributed by atoms with van der Waals surface area (Å²) in [4.78, 5) is 10.3. The largest absolute Gasteiger partial charge is 0.493 e. The molecule has 0 spiro atoms. The Kier molecular flexibility index (Phi) is 5.79. The van der Waals surface area contributed by atoms with Gasteiger partial charge in [0.05, 0.1) is 17.6 Å². The number of ether oxygens (including phenoxy) is 2. The van der Waals surface area contributed by atoms with Crippen molar-refractivity contribution in [2.45, 2.75) is 37.1 Å². The Hall–Kier alpha value is -1.14. The molecule has 1 atom stereocenters. The number of alkyl halides is 1. The molecule has 5 nitrogen and oxygen atoms in total. The molecule has 1 aromatic rings. The molecule has 110 valence electrons. The minimum Gasteiger partial charge on any atom is -0.493 e. The van der Waals surface area contributed by atoms with Crippen molar-refractivity contribution in [1.29, 1.82) is 0 Å². The van der Waals surface area contributed by atoms with E-state index in [0.29, 0.717) is 23.8 Å². The molecule has 1 aliphatic rings. The fourth-order valence-electron chi connectivity index (χ4n) is 2.29. The number of hydrogen-bond acceptors (Lipinski definition) is 4. The van der Waals surface area contributed by atoms with E-state index in [9.17, 15) is 10.1 Å². The van der Waals surface area contributed by atoms with Crippen molar-refractivity contribution in [2.75, 3.05) is 13.2 Å². The van der Waals surface area contributed by atoms with Crippen LogP contribution in [0.2, 0.25) is 0 Å². The van der Waals surface area contributed by atoms with Crippen LogP contribution in [0.15, 0.2) is 18.2 Å². The smallest absolute Gasteiger partial charge is 0.270 e. The fourth-order valence-corrected chi connectivity index (χ4v) is 2.73. The van der Waals surface area contributed by atoms with Gasteiger partial charge in [0.15, 0.2) is 0 Å². The van der Waals surface area contributed by atoms with Crippen LogP contribution in [0.1, 0.15) is 31.2 Å². The van der Waals surface area contributed by atoms with Crippen LogP contribution in [0.25, 0.3) is 0 Å². The normalized spacial score (nSPS) is 18.1. The highest BCUT2D eigenvalue weighted by Gasteiger charge is 2.15. The van der Waals surface area contributed by atoms with E-state index in [0.717, 1.165) is 37.9 Å². The van der Waals surface area contributed by atoms with Gasteiger partial charge in [0.1, 0.15) is 5.75 Å². The summed E-state index contributed by atoms with van der Waals surface area (Å²) in [5.41, 5.74) is 0.891. The summed E-state index contributed by atoms with van der Waals surface area (Å²) in [6.07, 6.45) is 4.62. The van der Waals surface area contributed by atoms with Crippen molar-refractivity contribution in [2.24, 2.45) is 0 Å². The number of non-ortho nitro benzene ring substituents is 1. The Balaban J connectivity index is 1.83. The minimum absolute atomic E-state index is 0.0890. The van der Waals surface area contributed by atoms with Crippen LogP contribution in [0.4, 0.5) is 5.69 Å². The van der Waals surface area contributed by atoms with Crippen LogP contribution in [-0.2, 0) is 10.1 Å². The van der Waals surface area contributed by atoms with Gasteiger partial charge in [-0.15, -0.1) is 0 Å². The van der Waals surface area contributed by atoms with Gasteiger partial charge in [-0.25, -0.2) is 0 Å². The lowest BCUT2D eigenvalue weighted by Gasteiger charge is -2.12. The van der Waals surface area contributed by atoms with E-state index in [4.69, 9.17) is 9.47 Å². The first-order chi connectivity index (χ1) is 9.70. The zero-order valence-electron chi connectivity index (χ0n) is 11.2. The number of rotatable bonds is 7. The first-order valence-corrected chi connectivity index (χ1v) is 7.90. The summed E-state index contributed by atoms with van der Waals surface area (Å²) in [5.74, 6) is 0.708. The molecule has 1 saturated heterocycles. The van der Waals surface area contributed by atoms with Crippen LogP contribution in [-0.4, -0.2) is 24.2 Å². The number of benzene rings is 1. The summed E-state index contributed by atoms with van der Waals surface area (Å²) in [6, 6.07) is 4.69. The van der Waals surface area contributed by atoms with Crippen LogP contribution in [0.5, 0.6) is 5.75 Å². The number of nitro benzene ring substituents is 1. The molecule has 6 heteroatoms. The van der Waals surface area contributed by atoms with Gasteiger partial charge in [-0.3, -0.25) is 10.1 Å². The first kappa shape index (κ1) is 15.3. The summed E-state index contributed by atoms with van der Waals surface area (Å²) in [6.45, 7) is 1.49. The number of hydrogen-bond donors (Lipinski definition) is 0. The molecule has 0 aromatic heterocycles. The van der Waals surface area contributed by atoms with Crippen molar-refractivity contribution >= 4 is 21.6 Å². The van der Waals surface area contributed by atoms with Crippen molar-refractivity contribution in [1.82, 2.24) is 0 Å². The molecule has 0 radical (unpaired) electrons. The molecule has 2 rings (SSSR count). The first-order valence-electron chi connectivity index (χ1n) is 6.78. The lowest BCUT2D eigenvalue weighted by atomic mass is 10.1. The Morgan fingerprint density at radius 3 is 3.00 bits per heavy atom. The molecular weight excluding hydrogens is 326 g/mol. The third kappa shape index (κ3) is 4.18. The fraction of sp³-hybridized carbons (Fsp3) is 0.571. The van der Waals surface area contributed by atoms with E-state index in [-0.39, 0.29) is 5.69 Å². The quantitative estimate of drug-likeness (QED) is 0.326. The highest BCUT2D eigenvalue weighted by Crippen LogP contribution is 2.26. The van der Waals surface area contributed by atoms with Crippen molar-refractivity contribution in [3.05, 3.63) is 33.9 Å². The van der Waals surface area contributed by atoms with Gasteiger partial charge in [-0.2, -0.15) is 0 Å². The summed E-state index contributed by atoms with van der Waals surface area (Å²) >= 11 is 3.33. The summed E-state index contributed by atoms with van der Waals surface area (Å²) < 4.78 is 11.3. The Morgan fingerprint density at radius 2 is 2.35 bits per heavy atom. The molecule has 0 amide bonds. The average Bonchev–Trinajstić information content (AvgIpc) is 2.96. The van der Waals surface area contributed by atoms with Crippen LogP contribution >= 0.6 is 15.9 Å². The maximum Gasteiger partial charge on any atom is 0.270 e. The van der Waals surface area contributed by atoms with Crippen LogP contribution in [0.3, 0.4) is 0 Å². The summed E-state index contributed by atoms with van der Waals surface area (Å²) in [7, 11) is 0. The summed E-state index contributed by atoms with van der Waals surface area (Å²) in [5, 5.41) is 11.3. The van der Waals surface area contributed by atoms with E-state index in [2.05, 4.69) is 15.9 Å². The Bertz CT molecular complexity index is 460. The van der Waals surface area contributed by atoms with Gasteiger partial charge >= 0.3 is 0 Å². The molecule has 1 unspecified atom stereocenters. The number of nitro groups is 1. The topological polar surface area (TPSA) is 61.6 Å². The van der Waals surface area contributed by atoms with Crippen molar-refractivity contribution < 1.29 is 14.4 Å². The molecule has 1 aliphatic heterocycles. The second-order valence-electron chi connectivity index (χ2n) is 4.81. The number of halogens is 1. The standard InChI is InChI=1S/C14H18BrNO4/c15-10-11-9-12(16(17)18)5-6-14(11)20-8-2-4-13-3-1-7-19-13/h5-6,9,13H,1-4,7-8,10H2. The molecule has 1 heterocycles. The van der Waals surface area contributed by atoms with E-state index in [1.54, 1.807) is 12.1 Å². The lowest BCUT2D eigenvalue weighted by molar-refractivity contribution is -0.384. The third-order valence-electron chi connectivity index (χ3n) is 3.35. The molecule has 20 heavy (non-hydrogen) atoms. The molecule has 0 N–H and O–H groups in total. The van der Waals surface area contributed by atoms with Crippen molar-refractivity contribution in [3.8, 4) is 5.75 Å². The van der Waals surface area contributed by atoms with Gasteiger partial charge in [0.25, 0.3) is 5.69 Å². The van der Waals surface area contributed by atoms with Gasteiger partial charge in [-0.05, 0) is 31.7 Å². The molecule has 1 aromatic carbocycles. The molecule has 0 saturated carbocycles. The highest BCUT2D eigenvalue weighted by molar-refractivity contribution is 9.08. The van der Waals surface area contributed by atoms with Crippen LogP contribution < -0.4 is 4.74 Å². The maximum absolute atomic E-state index is 10.7. The van der Waals surface area contributed by atoms with E-state index in [1.807, 2.05) is 0 Å². The Labute approximate surface area is 126 Å². The molecule has 0 bridgehead atoms. The SMILES string of the molecule is O=[N+]([O-])c1ccc(OCCCC2CCCO2)c(CBr)c1. The minimum atomic E-state index is -0.395. The molecule has 1 fully saturated rings. The average molecular weight is 344 g/mol. The van der Waals surface area contributed by atoms with E-state index >= 15 is 0 Å². The molecular formula is C14H18BrNO4. The zero-order chi connectivity index (χ0) is 14.4. The van der Waals surface area contributed by atoms with Gasteiger partial charge < -0.3 is 9.47 Å². The van der Waals surface area contributed by atoms with E-state index < -0.39 is 4.92 Å². The van der Waals surface area contributed by atoms with Gasteiger partial charge in [0.2, 0.25) is 0 Å². The maximum atomic E-state index is 10.7. The van der Waals surface area contributed by atoms with Gasteiger partial charge in [-0.1, -0.05) is 15.9 Å². The predicted molar refractivity (Wildman–Crippen MR) is 79.4 cm³/mol. The zero-order valence-corrected chi connectivity index (χ0v) is 12.8. The second kappa shape index (κ2) is 7.59. The predicted octanol–water partition coefficient (Wildman–Crippen LogP) is 3.83. The van der Waals surface area contributed by atoms with Gasteiger partial charge in [0, 0.05) is 29.6 Å². The Morgan fingerprint density at radius 1 is 1.50 bits per heavy atom. The highest BCUT2D eigenvalue weighted by atomic mass is 79.9. The molecule has 0 aliphatic carbocycles. The van der Waals surface area contributed by atoms with E-state index in [1.165, 1.54) is 6.07 Å². The monoisotopic (exact) mass is 343 g/mol. The van der Waals surface area contributed by atoms with Crippen molar-refractivity contribution in [3.63, 3.8) is 0 Å². The van der Waals surface area contributed by atoms with Crippen LogP contribution in [0, 0.1) is 10.1 Å². The second-order valence-corrected chi connectivity index (χ2v) is 5.37. The number of nitrogens with zero attached hydrogens (tertiary/aromatic N) is 1. The third-order valence-corrected chi connectivity index (χ3v) is 3.95.